The molecule has 0 saturated carbocycles. The van der Waals surface area contributed by atoms with E-state index in [1.807, 2.05) is 0 Å². The Labute approximate surface area is 163 Å². The van der Waals surface area contributed by atoms with Crippen molar-refractivity contribution < 1.29 is 13.6 Å². The Bertz CT molecular complexity index is 1110. The summed E-state index contributed by atoms with van der Waals surface area (Å²) in [5.74, 6) is -1.54. The lowest BCUT2D eigenvalue weighted by atomic mass is 10.1. The number of amides is 1. The van der Waals surface area contributed by atoms with E-state index in [0.717, 1.165) is 42.1 Å². The number of anilines is 1. The predicted molar refractivity (Wildman–Crippen MR) is 105 cm³/mol. The largest absolute Gasteiger partial charge is 0.324 e. The second-order valence-electron chi connectivity index (χ2n) is 6.93. The zero-order valence-electron chi connectivity index (χ0n) is 15.1. The number of halogens is 2. The first kappa shape index (κ1) is 18.7. The molecule has 2 N–H and O–H groups in total. The number of aromatic amines is 1. The highest BCUT2D eigenvalue weighted by atomic mass is 32.1. The summed E-state index contributed by atoms with van der Waals surface area (Å²) < 4.78 is 26.6. The lowest BCUT2D eigenvalue weighted by Crippen LogP contribution is -2.16. The van der Waals surface area contributed by atoms with Crippen molar-refractivity contribution >= 4 is 33.1 Å². The number of fused-ring (bicyclic) bond motifs is 3. The first-order valence-electron chi connectivity index (χ1n) is 9.29. The summed E-state index contributed by atoms with van der Waals surface area (Å²) in [5.41, 5.74) is 0.886. The number of aryl methyl sites for hydroxylation is 3. The van der Waals surface area contributed by atoms with E-state index < -0.39 is 17.5 Å². The van der Waals surface area contributed by atoms with Crippen LogP contribution in [0.15, 0.2) is 23.0 Å². The van der Waals surface area contributed by atoms with E-state index >= 15 is 0 Å². The Morgan fingerprint density at radius 2 is 2.04 bits per heavy atom. The maximum absolute atomic E-state index is 13.6. The number of H-pyrrole nitrogens is 1. The van der Waals surface area contributed by atoms with Crippen LogP contribution < -0.4 is 10.9 Å². The Morgan fingerprint density at radius 3 is 2.86 bits per heavy atom. The van der Waals surface area contributed by atoms with Crippen LogP contribution >= 0.6 is 11.3 Å². The number of thiophene rings is 1. The van der Waals surface area contributed by atoms with Gasteiger partial charge in [0, 0.05) is 23.8 Å². The van der Waals surface area contributed by atoms with Crippen molar-refractivity contribution in [1.82, 2.24) is 9.97 Å². The highest BCUT2D eigenvalue weighted by Crippen LogP contribution is 2.32. The summed E-state index contributed by atoms with van der Waals surface area (Å²) >= 11 is 1.56. The van der Waals surface area contributed by atoms with Gasteiger partial charge in [-0.15, -0.1) is 11.3 Å². The average molecular weight is 403 g/mol. The molecule has 0 atom stereocenters. The minimum Gasteiger partial charge on any atom is -0.324 e. The van der Waals surface area contributed by atoms with E-state index in [-0.39, 0.29) is 24.1 Å². The van der Waals surface area contributed by atoms with Crippen LogP contribution in [-0.4, -0.2) is 15.9 Å². The van der Waals surface area contributed by atoms with Crippen molar-refractivity contribution in [3.05, 3.63) is 56.5 Å². The molecule has 1 aliphatic rings. The maximum Gasteiger partial charge on any atom is 0.259 e. The zero-order valence-corrected chi connectivity index (χ0v) is 15.9. The smallest absolute Gasteiger partial charge is 0.259 e. The minimum absolute atomic E-state index is 0.0242. The molecule has 5 nitrogen and oxygen atoms in total. The van der Waals surface area contributed by atoms with Crippen LogP contribution in [0.2, 0.25) is 0 Å². The van der Waals surface area contributed by atoms with E-state index in [0.29, 0.717) is 17.3 Å². The molecule has 0 fully saturated rings. The molecule has 0 unspecified atom stereocenters. The maximum atomic E-state index is 13.6. The fourth-order valence-electron chi connectivity index (χ4n) is 3.54. The molecule has 28 heavy (non-hydrogen) atoms. The SMILES string of the molecule is O=C(CCc1nc2sc3c(c2c(=O)[nH]1)CCCCC3)Nc1ccc(F)cc1F. The first-order chi connectivity index (χ1) is 13.5. The summed E-state index contributed by atoms with van der Waals surface area (Å²) in [7, 11) is 0. The van der Waals surface area contributed by atoms with Crippen molar-refractivity contribution in [2.24, 2.45) is 0 Å². The number of carbonyl (C=O) groups excluding carboxylic acids is 1. The summed E-state index contributed by atoms with van der Waals surface area (Å²) in [6.45, 7) is 0. The van der Waals surface area contributed by atoms with Crippen molar-refractivity contribution in [3.63, 3.8) is 0 Å². The van der Waals surface area contributed by atoms with Crippen molar-refractivity contribution in [3.8, 4) is 0 Å². The van der Waals surface area contributed by atoms with Gasteiger partial charge in [0.1, 0.15) is 22.3 Å². The average Bonchev–Trinajstić information content (AvgIpc) is 2.84. The molecule has 0 bridgehead atoms. The van der Waals surface area contributed by atoms with Gasteiger partial charge in [-0.25, -0.2) is 13.8 Å². The van der Waals surface area contributed by atoms with Gasteiger partial charge in [-0.3, -0.25) is 9.59 Å². The Balaban J connectivity index is 1.49. The topological polar surface area (TPSA) is 74.8 Å². The molecular formula is C20H19F2N3O2S. The van der Waals surface area contributed by atoms with Crippen LogP contribution in [0.1, 0.15) is 41.9 Å². The molecule has 1 aliphatic carbocycles. The first-order valence-corrected chi connectivity index (χ1v) is 10.1. The number of carbonyl (C=O) groups is 1. The van der Waals surface area contributed by atoms with Crippen molar-refractivity contribution in [2.45, 2.75) is 44.9 Å². The third-order valence-corrected chi connectivity index (χ3v) is 6.10. The molecule has 0 saturated heterocycles. The lowest BCUT2D eigenvalue weighted by Gasteiger charge is -2.06. The highest BCUT2D eigenvalue weighted by Gasteiger charge is 2.19. The molecule has 4 rings (SSSR count). The molecular weight excluding hydrogens is 384 g/mol. The predicted octanol–water partition coefficient (Wildman–Crippen LogP) is 4.10. The molecule has 0 radical (unpaired) electrons. The molecule has 3 aromatic rings. The summed E-state index contributed by atoms with van der Waals surface area (Å²) in [6.07, 6.45) is 5.53. The number of hydrogen-bond acceptors (Lipinski definition) is 4. The molecule has 146 valence electrons. The quantitative estimate of drug-likeness (QED) is 0.644. The summed E-state index contributed by atoms with van der Waals surface area (Å²) in [4.78, 5) is 33.9. The fraction of sp³-hybridized carbons (Fsp3) is 0.350. The van der Waals surface area contributed by atoms with Gasteiger partial charge in [-0.1, -0.05) is 6.42 Å². The molecule has 8 heteroatoms. The summed E-state index contributed by atoms with van der Waals surface area (Å²) in [5, 5.41) is 3.09. The Kier molecular flexibility index (Phi) is 5.21. The van der Waals surface area contributed by atoms with E-state index in [1.54, 1.807) is 11.3 Å². The number of rotatable bonds is 4. The van der Waals surface area contributed by atoms with Crippen molar-refractivity contribution in [1.29, 1.82) is 0 Å². The Hall–Kier alpha value is -2.61. The fourth-order valence-corrected chi connectivity index (χ4v) is 4.82. The highest BCUT2D eigenvalue weighted by molar-refractivity contribution is 7.18. The van der Waals surface area contributed by atoms with Crippen LogP contribution in [0.4, 0.5) is 14.5 Å². The van der Waals surface area contributed by atoms with Crippen molar-refractivity contribution in [2.75, 3.05) is 5.32 Å². The van der Waals surface area contributed by atoms with E-state index in [9.17, 15) is 18.4 Å². The molecule has 0 aliphatic heterocycles. The van der Waals surface area contributed by atoms with E-state index in [2.05, 4.69) is 15.3 Å². The number of nitrogens with one attached hydrogen (secondary N) is 2. The molecule has 2 heterocycles. The standard InChI is InChI=1S/C20H19F2N3O2S/c21-11-6-7-14(13(22)10-11)23-17(26)9-8-16-24-19(27)18-12-4-2-1-3-5-15(12)28-20(18)25-16/h6-7,10H,1-5,8-9H2,(H,23,26)(H,24,25,27). The molecule has 1 amide bonds. The van der Waals surface area contributed by atoms with Crippen LogP contribution in [0.3, 0.4) is 0 Å². The molecule has 2 aromatic heterocycles. The Morgan fingerprint density at radius 1 is 1.21 bits per heavy atom. The second kappa shape index (κ2) is 7.79. The van der Waals surface area contributed by atoms with E-state index in [1.165, 1.54) is 17.4 Å². The van der Waals surface area contributed by atoms with Gasteiger partial charge < -0.3 is 10.3 Å². The number of nitrogens with zero attached hydrogens (tertiary/aromatic N) is 1. The third kappa shape index (κ3) is 3.82. The van der Waals surface area contributed by atoms with Crippen LogP contribution in [0.5, 0.6) is 0 Å². The van der Waals surface area contributed by atoms with Crippen LogP contribution in [0, 0.1) is 11.6 Å². The monoisotopic (exact) mass is 403 g/mol. The zero-order chi connectivity index (χ0) is 19.7. The molecule has 1 aromatic carbocycles. The van der Waals surface area contributed by atoms with Gasteiger partial charge in [0.2, 0.25) is 5.91 Å². The van der Waals surface area contributed by atoms with Gasteiger partial charge in [0.15, 0.2) is 0 Å². The van der Waals surface area contributed by atoms with Crippen LogP contribution in [0.25, 0.3) is 10.2 Å². The normalized spacial score (nSPS) is 13.9. The lowest BCUT2D eigenvalue weighted by molar-refractivity contribution is -0.116. The minimum atomic E-state index is -0.832. The molecule has 0 spiro atoms. The van der Waals surface area contributed by atoms with Crippen LogP contribution in [-0.2, 0) is 24.1 Å². The third-order valence-electron chi connectivity index (χ3n) is 4.92. The van der Waals surface area contributed by atoms with Gasteiger partial charge >= 0.3 is 0 Å². The van der Waals surface area contributed by atoms with E-state index in [4.69, 9.17) is 0 Å². The van der Waals surface area contributed by atoms with Gasteiger partial charge in [-0.05, 0) is 43.4 Å². The van der Waals surface area contributed by atoms with Gasteiger partial charge in [0.25, 0.3) is 5.56 Å². The second-order valence-corrected chi connectivity index (χ2v) is 8.01. The number of benzene rings is 1. The number of hydrogen-bond donors (Lipinski definition) is 2. The van der Waals surface area contributed by atoms with Gasteiger partial charge in [-0.2, -0.15) is 0 Å². The number of aromatic nitrogens is 2. The summed E-state index contributed by atoms with van der Waals surface area (Å²) in [6, 6.07) is 2.96. The van der Waals surface area contributed by atoms with Gasteiger partial charge in [0.05, 0.1) is 11.1 Å².